The van der Waals surface area contributed by atoms with Crippen molar-refractivity contribution in [3.8, 4) is 0 Å². The van der Waals surface area contributed by atoms with Crippen molar-refractivity contribution in [3.05, 3.63) is 0 Å². The molecule has 0 bridgehead atoms. The fourth-order valence-electron chi connectivity index (χ4n) is 1.95. The maximum Gasteiger partial charge on any atom is 0.0842 e. The van der Waals surface area contributed by atoms with Crippen LogP contribution in [0.15, 0.2) is 0 Å². The molecule has 0 aromatic carbocycles. The van der Waals surface area contributed by atoms with Crippen LogP contribution in [0.25, 0.3) is 0 Å². The summed E-state index contributed by atoms with van der Waals surface area (Å²) < 4.78 is 22.2. The van der Waals surface area contributed by atoms with E-state index in [0.29, 0.717) is 6.42 Å². The van der Waals surface area contributed by atoms with Gasteiger partial charge in [-0.3, -0.25) is 4.21 Å². The Kier molecular flexibility index (Phi) is 4.03. The van der Waals surface area contributed by atoms with Crippen LogP contribution in [0.3, 0.4) is 0 Å². The molecule has 1 aliphatic carbocycles. The average Bonchev–Trinajstić information content (AvgIpc) is 2.33. The van der Waals surface area contributed by atoms with Gasteiger partial charge in [0.25, 0.3) is 0 Å². The first-order chi connectivity index (χ1) is 6.43. The summed E-state index contributed by atoms with van der Waals surface area (Å²) in [6.07, 6.45) is -0.881. The molecule has 0 aromatic rings. The zero-order valence-electron chi connectivity index (χ0n) is 8.29. The molecule has 0 spiro atoms. The molecule has 5 nitrogen and oxygen atoms in total. The van der Waals surface area contributed by atoms with Crippen molar-refractivity contribution in [2.75, 3.05) is 13.6 Å². The van der Waals surface area contributed by atoms with Crippen molar-refractivity contribution in [2.24, 2.45) is 11.8 Å². The van der Waals surface area contributed by atoms with E-state index in [0.717, 1.165) is 4.31 Å². The van der Waals surface area contributed by atoms with Crippen molar-refractivity contribution in [2.45, 2.75) is 25.6 Å². The number of nitrogens with zero attached hydrogens (tertiary/aromatic N) is 1. The third-order valence-corrected chi connectivity index (χ3v) is 3.49. The fourth-order valence-corrected chi connectivity index (χ4v) is 2.26. The Morgan fingerprint density at radius 3 is 2.43 bits per heavy atom. The molecule has 1 saturated carbocycles. The van der Waals surface area contributed by atoms with E-state index in [-0.39, 0.29) is 18.4 Å². The molecule has 0 saturated heterocycles. The number of hydrogen-bond donors (Lipinski definition) is 2. The fraction of sp³-hybridized carbons (Fsp3) is 1.00. The van der Waals surface area contributed by atoms with Crippen LogP contribution in [0.5, 0.6) is 0 Å². The molecule has 0 heterocycles. The van der Waals surface area contributed by atoms with Gasteiger partial charge in [0, 0.05) is 23.7 Å². The quantitative estimate of drug-likeness (QED) is 0.605. The second kappa shape index (κ2) is 4.67. The van der Waals surface area contributed by atoms with Crippen molar-refractivity contribution < 1.29 is 19.0 Å². The molecule has 0 radical (unpaired) electrons. The Morgan fingerprint density at radius 2 is 2.07 bits per heavy atom. The van der Waals surface area contributed by atoms with E-state index in [1.54, 1.807) is 0 Å². The standard InChI is InChI=1S/C8H17NO4S/c1-5-3-6(8(11)7(5)10)4-9(2)14(12)13/h5-8,10-11H,3-4H2,1-2H3,(H,12,13)/p-1/t5-,6-,7+,8-/m1/s1. The van der Waals surface area contributed by atoms with Gasteiger partial charge in [0.15, 0.2) is 0 Å². The molecule has 2 N–H and O–H groups in total. The van der Waals surface area contributed by atoms with Crippen LogP contribution in [0.2, 0.25) is 0 Å². The first-order valence-corrected chi connectivity index (χ1v) is 5.63. The van der Waals surface area contributed by atoms with Crippen LogP contribution < -0.4 is 0 Å². The van der Waals surface area contributed by atoms with Gasteiger partial charge in [0.05, 0.1) is 12.2 Å². The second-order valence-electron chi connectivity index (χ2n) is 3.98. The Balaban J connectivity index is 2.51. The van der Waals surface area contributed by atoms with Crippen molar-refractivity contribution in [1.82, 2.24) is 4.31 Å². The average molecular weight is 222 g/mol. The molecule has 0 amide bonds. The highest BCUT2D eigenvalue weighted by atomic mass is 32.2. The highest BCUT2D eigenvalue weighted by Crippen LogP contribution is 2.31. The van der Waals surface area contributed by atoms with Crippen LogP contribution >= 0.6 is 0 Å². The molecule has 1 aliphatic rings. The molecule has 6 heteroatoms. The molecular weight excluding hydrogens is 206 g/mol. The van der Waals surface area contributed by atoms with E-state index in [2.05, 4.69) is 0 Å². The minimum atomic E-state index is -2.25. The van der Waals surface area contributed by atoms with Gasteiger partial charge >= 0.3 is 0 Å². The zero-order chi connectivity index (χ0) is 10.9. The molecular formula is C8H16NO4S-. The normalized spacial score (nSPS) is 40.4. The lowest BCUT2D eigenvalue weighted by atomic mass is 10.1. The van der Waals surface area contributed by atoms with Crippen LogP contribution in [-0.4, -0.2) is 49.1 Å². The number of aliphatic hydroxyl groups excluding tert-OH is 2. The van der Waals surface area contributed by atoms with Crippen molar-refractivity contribution in [3.63, 3.8) is 0 Å². The van der Waals surface area contributed by atoms with Gasteiger partial charge in [-0.15, -0.1) is 0 Å². The molecule has 14 heavy (non-hydrogen) atoms. The summed E-state index contributed by atoms with van der Waals surface area (Å²) in [4.78, 5) is 0. The predicted molar refractivity (Wildman–Crippen MR) is 50.8 cm³/mol. The van der Waals surface area contributed by atoms with E-state index < -0.39 is 23.5 Å². The maximum atomic E-state index is 10.5. The third-order valence-electron chi connectivity index (χ3n) is 2.84. The van der Waals surface area contributed by atoms with Crippen LogP contribution in [-0.2, 0) is 11.3 Å². The number of aliphatic hydroxyl groups is 2. The molecule has 84 valence electrons. The minimum Gasteiger partial charge on any atom is -0.760 e. The topological polar surface area (TPSA) is 83.8 Å². The lowest BCUT2D eigenvalue weighted by Crippen LogP contribution is -2.34. The SMILES string of the molecule is C[C@@H]1C[C@H](CN(C)S(=O)[O-])[C@@H](O)[C@H]1O. The molecule has 1 fully saturated rings. The molecule has 1 rings (SSSR count). The summed E-state index contributed by atoms with van der Waals surface area (Å²) in [7, 11) is 1.45. The van der Waals surface area contributed by atoms with Gasteiger partial charge in [0.2, 0.25) is 0 Å². The van der Waals surface area contributed by atoms with E-state index in [1.165, 1.54) is 7.05 Å². The summed E-state index contributed by atoms with van der Waals surface area (Å²) in [5.74, 6) is -0.133. The summed E-state index contributed by atoms with van der Waals surface area (Å²) in [5, 5.41) is 19.0. The molecule has 0 aliphatic heterocycles. The van der Waals surface area contributed by atoms with E-state index in [4.69, 9.17) is 0 Å². The summed E-state index contributed by atoms with van der Waals surface area (Å²) in [5.41, 5.74) is 0. The van der Waals surface area contributed by atoms with Crippen LogP contribution in [0.4, 0.5) is 0 Å². The number of hydrogen-bond acceptors (Lipinski definition) is 4. The third kappa shape index (κ3) is 2.52. The van der Waals surface area contributed by atoms with Gasteiger partial charge in [-0.05, 0) is 19.4 Å². The van der Waals surface area contributed by atoms with Gasteiger partial charge < -0.3 is 14.8 Å². The van der Waals surface area contributed by atoms with Crippen molar-refractivity contribution in [1.29, 1.82) is 0 Å². The van der Waals surface area contributed by atoms with Gasteiger partial charge in [-0.2, -0.15) is 0 Å². The molecule has 5 atom stereocenters. The molecule has 1 unspecified atom stereocenters. The summed E-state index contributed by atoms with van der Waals surface area (Å²) >= 11 is -2.25. The largest absolute Gasteiger partial charge is 0.760 e. The Labute approximate surface area is 86.1 Å². The monoisotopic (exact) mass is 222 g/mol. The van der Waals surface area contributed by atoms with Crippen LogP contribution in [0, 0.1) is 11.8 Å². The smallest absolute Gasteiger partial charge is 0.0842 e. The van der Waals surface area contributed by atoms with E-state index >= 15 is 0 Å². The highest BCUT2D eigenvalue weighted by Gasteiger charge is 2.39. The Bertz CT molecular complexity index is 225. The predicted octanol–water partition coefficient (Wildman–Crippen LogP) is -0.910. The van der Waals surface area contributed by atoms with Gasteiger partial charge in [-0.1, -0.05) is 6.92 Å². The Hall–Kier alpha value is -0.0100. The molecule has 0 aromatic heterocycles. The van der Waals surface area contributed by atoms with Crippen molar-refractivity contribution >= 4 is 11.3 Å². The minimum absolute atomic E-state index is 0.0310. The van der Waals surface area contributed by atoms with Gasteiger partial charge in [0.1, 0.15) is 0 Å². The zero-order valence-corrected chi connectivity index (χ0v) is 9.11. The lowest BCUT2D eigenvalue weighted by molar-refractivity contribution is 0.00469. The second-order valence-corrected chi connectivity index (χ2v) is 5.04. The first kappa shape index (κ1) is 12.1. The first-order valence-electron chi connectivity index (χ1n) is 4.60. The summed E-state index contributed by atoms with van der Waals surface area (Å²) in [6, 6.07) is 0. The van der Waals surface area contributed by atoms with Crippen LogP contribution in [0.1, 0.15) is 13.3 Å². The van der Waals surface area contributed by atoms with E-state index in [1.807, 2.05) is 6.92 Å². The lowest BCUT2D eigenvalue weighted by Gasteiger charge is -2.24. The Morgan fingerprint density at radius 1 is 1.50 bits per heavy atom. The maximum absolute atomic E-state index is 10.5. The summed E-state index contributed by atoms with van der Waals surface area (Å²) in [6.45, 7) is 2.11. The number of rotatable bonds is 3. The highest BCUT2D eigenvalue weighted by molar-refractivity contribution is 7.76. The van der Waals surface area contributed by atoms with E-state index in [9.17, 15) is 19.0 Å². The van der Waals surface area contributed by atoms with Gasteiger partial charge in [-0.25, -0.2) is 4.31 Å².